The molecule has 1 saturated heterocycles. The lowest BCUT2D eigenvalue weighted by atomic mass is 10.1. The molecule has 2 unspecified atom stereocenters. The van der Waals surface area contributed by atoms with Crippen LogP contribution in [0.1, 0.15) is 12.1 Å². The maximum atomic E-state index is 9.66. The van der Waals surface area contributed by atoms with E-state index in [1.165, 1.54) is 11.0 Å². The second-order valence-corrected chi connectivity index (χ2v) is 3.53. The number of aliphatic hydroxyl groups excluding tert-OH is 4. The van der Waals surface area contributed by atoms with Crippen LogP contribution in [-0.4, -0.2) is 60.1 Å². The molecule has 2 heterocycles. The maximum absolute atomic E-state index is 9.66. The van der Waals surface area contributed by atoms with E-state index in [-0.39, 0.29) is 12.4 Å². The minimum absolute atomic E-state index is 0.192. The van der Waals surface area contributed by atoms with E-state index in [2.05, 4.69) is 10.1 Å². The molecule has 0 aromatic carbocycles. The van der Waals surface area contributed by atoms with Gasteiger partial charge < -0.3 is 25.2 Å². The van der Waals surface area contributed by atoms with Gasteiger partial charge in [0.15, 0.2) is 12.1 Å². The third kappa shape index (κ3) is 1.81. The van der Waals surface area contributed by atoms with Crippen LogP contribution in [0.4, 0.5) is 0 Å². The molecule has 1 aromatic rings. The maximum Gasteiger partial charge on any atom is 0.180 e. The summed E-state index contributed by atoms with van der Waals surface area (Å²) in [5, 5.41) is 40.7. The zero-order valence-corrected chi connectivity index (χ0v) is 8.34. The molecule has 2 rings (SSSR count). The molecule has 0 radical (unpaired) electrons. The molecule has 8 nitrogen and oxygen atoms in total. The lowest BCUT2D eigenvalue weighted by Crippen LogP contribution is -2.33. The zero-order valence-electron chi connectivity index (χ0n) is 8.34. The van der Waals surface area contributed by atoms with Crippen LogP contribution in [0.15, 0.2) is 6.33 Å². The number of aromatic nitrogens is 3. The minimum atomic E-state index is -1.19. The van der Waals surface area contributed by atoms with Crippen LogP contribution in [0.3, 0.4) is 0 Å². The Bertz CT molecular complexity index is 357. The molecule has 90 valence electrons. The van der Waals surface area contributed by atoms with Crippen molar-refractivity contribution in [2.75, 3.05) is 6.61 Å². The van der Waals surface area contributed by atoms with Crippen molar-refractivity contribution in [1.82, 2.24) is 14.8 Å². The van der Waals surface area contributed by atoms with Gasteiger partial charge in [0.2, 0.25) is 0 Å². The van der Waals surface area contributed by atoms with Crippen molar-refractivity contribution in [1.29, 1.82) is 0 Å². The summed E-state index contributed by atoms with van der Waals surface area (Å²) in [6, 6.07) is 0. The molecule has 4 atom stereocenters. The molecule has 8 heteroatoms. The highest BCUT2D eigenvalue weighted by molar-refractivity contribution is 4.90. The second kappa shape index (κ2) is 4.44. The van der Waals surface area contributed by atoms with E-state index in [9.17, 15) is 10.2 Å². The van der Waals surface area contributed by atoms with Gasteiger partial charge in [-0.3, -0.25) is 0 Å². The Balaban J connectivity index is 2.16. The second-order valence-electron chi connectivity index (χ2n) is 3.53. The van der Waals surface area contributed by atoms with E-state index < -0.39 is 31.1 Å². The molecule has 0 saturated carbocycles. The van der Waals surface area contributed by atoms with E-state index >= 15 is 0 Å². The Morgan fingerprint density at radius 1 is 1.31 bits per heavy atom. The lowest BCUT2D eigenvalue weighted by Gasteiger charge is -2.13. The molecule has 0 bridgehead atoms. The Labute approximate surface area is 90.7 Å². The average Bonchev–Trinajstić information content (AvgIpc) is 2.86. The van der Waals surface area contributed by atoms with Crippen molar-refractivity contribution < 1.29 is 25.2 Å². The first kappa shape index (κ1) is 11.4. The Morgan fingerprint density at radius 2 is 2.06 bits per heavy atom. The van der Waals surface area contributed by atoms with Crippen LogP contribution in [-0.2, 0) is 11.3 Å². The fourth-order valence-corrected chi connectivity index (χ4v) is 1.60. The molecule has 0 amide bonds. The van der Waals surface area contributed by atoms with Crippen molar-refractivity contribution in [2.45, 2.75) is 31.1 Å². The van der Waals surface area contributed by atoms with Gasteiger partial charge in [-0.2, -0.15) is 5.10 Å². The summed E-state index contributed by atoms with van der Waals surface area (Å²) in [5.41, 5.74) is 0. The number of hydrogen-bond acceptors (Lipinski definition) is 7. The Hall–Kier alpha value is -1.06. The summed E-state index contributed by atoms with van der Waals surface area (Å²) >= 11 is 0. The molecule has 16 heavy (non-hydrogen) atoms. The molecule has 4 N–H and O–H groups in total. The smallest absolute Gasteiger partial charge is 0.180 e. The fraction of sp³-hybridized carbons (Fsp3) is 0.750. The van der Waals surface area contributed by atoms with Crippen LogP contribution >= 0.6 is 0 Å². The topological polar surface area (TPSA) is 121 Å². The van der Waals surface area contributed by atoms with Crippen molar-refractivity contribution in [3.63, 3.8) is 0 Å². The standard InChI is InChI=1S/C8H13N3O5/c12-1-4-6(14)7(15)8(16-4)11-3-9-5(2-13)10-11/h3-4,6-8,12-15H,1-2H2/t4-,6?,7?,8-/m1/s1. The first-order chi connectivity index (χ1) is 7.67. The Kier molecular flexibility index (Phi) is 3.17. The summed E-state index contributed by atoms with van der Waals surface area (Å²) in [6.45, 7) is -0.710. The van der Waals surface area contributed by atoms with Crippen LogP contribution in [0.5, 0.6) is 0 Å². The van der Waals surface area contributed by atoms with Crippen molar-refractivity contribution in [3.05, 3.63) is 12.2 Å². The highest BCUT2D eigenvalue weighted by Gasteiger charge is 2.43. The SMILES string of the molecule is OCc1ncn([C@@H]2O[C@H](CO)C(O)C2O)n1. The van der Waals surface area contributed by atoms with E-state index in [0.29, 0.717) is 0 Å². The highest BCUT2D eigenvalue weighted by Crippen LogP contribution is 2.28. The average molecular weight is 231 g/mol. The van der Waals surface area contributed by atoms with Gasteiger partial charge in [-0.05, 0) is 0 Å². The summed E-state index contributed by atoms with van der Waals surface area (Å²) in [5.74, 6) is 0.192. The van der Waals surface area contributed by atoms with Crippen LogP contribution in [0.25, 0.3) is 0 Å². The number of hydrogen-bond donors (Lipinski definition) is 4. The predicted octanol–water partition coefficient (Wildman–Crippen LogP) is -2.62. The lowest BCUT2D eigenvalue weighted by molar-refractivity contribution is -0.0590. The van der Waals surface area contributed by atoms with Crippen molar-refractivity contribution in [2.24, 2.45) is 0 Å². The van der Waals surface area contributed by atoms with E-state index in [4.69, 9.17) is 14.9 Å². The monoisotopic (exact) mass is 231 g/mol. The molecule has 0 spiro atoms. The highest BCUT2D eigenvalue weighted by atomic mass is 16.6. The molecule has 1 fully saturated rings. The summed E-state index contributed by atoms with van der Waals surface area (Å²) in [7, 11) is 0. The van der Waals surface area contributed by atoms with Gasteiger partial charge in [0, 0.05) is 0 Å². The van der Waals surface area contributed by atoms with E-state index in [0.717, 1.165) is 0 Å². The minimum Gasteiger partial charge on any atom is -0.394 e. The first-order valence-corrected chi connectivity index (χ1v) is 4.80. The Morgan fingerprint density at radius 3 is 2.56 bits per heavy atom. The van der Waals surface area contributed by atoms with Gasteiger partial charge in [-0.15, -0.1) is 0 Å². The molecule has 1 aromatic heterocycles. The van der Waals surface area contributed by atoms with Crippen LogP contribution < -0.4 is 0 Å². The van der Waals surface area contributed by atoms with Gasteiger partial charge in [0.25, 0.3) is 0 Å². The molecular weight excluding hydrogens is 218 g/mol. The van der Waals surface area contributed by atoms with E-state index in [1.807, 2.05) is 0 Å². The third-order valence-corrected chi connectivity index (χ3v) is 2.48. The zero-order chi connectivity index (χ0) is 11.7. The summed E-state index contributed by atoms with van der Waals surface area (Å²) in [4.78, 5) is 3.76. The van der Waals surface area contributed by atoms with Crippen LogP contribution in [0.2, 0.25) is 0 Å². The van der Waals surface area contributed by atoms with Crippen LogP contribution in [0, 0.1) is 0 Å². The van der Waals surface area contributed by atoms with Gasteiger partial charge in [0.1, 0.15) is 31.2 Å². The molecular formula is C8H13N3O5. The summed E-state index contributed by atoms with van der Waals surface area (Å²) in [6.07, 6.45) is -2.82. The van der Waals surface area contributed by atoms with Crippen molar-refractivity contribution >= 4 is 0 Å². The van der Waals surface area contributed by atoms with Gasteiger partial charge >= 0.3 is 0 Å². The van der Waals surface area contributed by atoms with Gasteiger partial charge in [-0.25, -0.2) is 9.67 Å². The number of rotatable bonds is 3. The summed E-state index contributed by atoms with van der Waals surface area (Å²) < 4.78 is 6.41. The number of ether oxygens (including phenoxy) is 1. The normalized spacial score (nSPS) is 34.5. The fourth-order valence-electron chi connectivity index (χ4n) is 1.60. The molecule has 1 aliphatic rings. The number of nitrogens with zero attached hydrogens (tertiary/aromatic N) is 3. The van der Waals surface area contributed by atoms with Gasteiger partial charge in [-0.1, -0.05) is 0 Å². The largest absolute Gasteiger partial charge is 0.394 e. The number of aliphatic hydroxyl groups is 4. The quantitative estimate of drug-likeness (QED) is 0.449. The molecule has 0 aliphatic carbocycles. The van der Waals surface area contributed by atoms with Gasteiger partial charge in [0.05, 0.1) is 6.61 Å². The first-order valence-electron chi connectivity index (χ1n) is 4.80. The van der Waals surface area contributed by atoms with E-state index in [1.54, 1.807) is 0 Å². The van der Waals surface area contributed by atoms with Crippen molar-refractivity contribution in [3.8, 4) is 0 Å². The predicted molar refractivity (Wildman–Crippen MR) is 49.0 cm³/mol. The third-order valence-electron chi connectivity index (χ3n) is 2.48. The molecule has 1 aliphatic heterocycles.